The van der Waals surface area contributed by atoms with Gasteiger partial charge in [-0.15, -0.1) is 0 Å². The first-order valence-electron chi connectivity index (χ1n) is 12.4. The van der Waals surface area contributed by atoms with Gasteiger partial charge in [-0.1, -0.05) is 66.7 Å². The summed E-state index contributed by atoms with van der Waals surface area (Å²) < 4.78 is 25.7. The molecule has 1 amide bonds. The molecule has 3 aromatic carbocycles. The molecule has 6 heteroatoms. The number of ether oxygens (including phenoxy) is 2. The van der Waals surface area contributed by atoms with Gasteiger partial charge in [0.25, 0.3) is 0 Å². The minimum absolute atomic E-state index is 0.130. The zero-order chi connectivity index (χ0) is 25.8. The van der Waals surface area contributed by atoms with Crippen LogP contribution in [0.15, 0.2) is 78.9 Å². The highest BCUT2D eigenvalue weighted by Gasteiger charge is 2.43. The molecule has 1 aliphatic heterocycles. The smallest absolute Gasteiger partial charge is 0.232 e. The van der Waals surface area contributed by atoms with Crippen molar-refractivity contribution in [3.8, 4) is 11.5 Å². The summed E-state index contributed by atoms with van der Waals surface area (Å²) in [4.78, 5) is 15.5. The van der Waals surface area contributed by atoms with Gasteiger partial charge >= 0.3 is 0 Å². The molecule has 1 aliphatic rings. The Labute approximate surface area is 213 Å². The molecule has 1 unspecified atom stereocenters. The topological polar surface area (TPSA) is 64.8 Å². The van der Waals surface area contributed by atoms with Crippen LogP contribution in [-0.2, 0) is 10.2 Å². The fraction of sp³-hybridized carbons (Fsp3) is 0.367. The van der Waals surface area contributed by atoms with Crippen LogP contribution in [0.25, 0.3) is 0 Å². The number of halogens is 1. The Morgan fingerprint density at radius 3 is 2.08 bits per heavy atom. The number of nitrogens with two attached hydrogens (primary N) is 1. The van der Waals surface area contributed by atoms with Crippen LogP contribution < -0.4 is 15.2 Å². The Balaban J connectivity index is 1.52. The predicted octanol–water partition coefficient (Wildman–Crippen LogP) is 5.32. The lowest BCUT2D eigenvalue weighted by molar-refractivity contribution is -0.122. The number of carbonyl (C=O) groups is 1. The second-order valence-electron chi connectivity index (χ2n) is 10.1. The van der Waals surface area contributed by atoms with Gasteiger partial charge in [0.15, 0.2) is 11.5 Å². The molecular weight excluding hydrogens is 455 g/mol. The third-order valence-corrected chi connectivity index (χ3v) is 7.51. The van der Waals surface area contributed by atoms with Gasteiger partial charge in [0.05, 0.1) is 12.5 Å². The average Bonchev–Trinajstić information content (AvgIpc) is 3.36. The fourth-order valence-corrected chi connectivity index (χ4v) is 5.25. The molecule has 1 fully saturated rings. The number of nitrogens with zero attached hydrogens (tertiary/aromatic N) is 1. The van der Waals surface area contributed by atoms with Crippen LogP contribution in [0.1, 0.15) is 44.2 Å². The molecule has 190 valence electrons. The van der Waals surface area contributed by atoms with Crippen LogP contribution in [-0.4, -0.2) is 42.6 Å². The van der Waals surface area contributed by atoms with E-state index in [0.717, 1.165) is 30.5 Å². The second-order valence-corrected chi connectivity index (χ2v) is 10.1. The summed E-state index contributed by atoms with van der Waals surface area (Å²) in [6, 6.07) is 24.5. The van der Waals surface area contributed by atoms with Gasteiger partial charge in [0.2, 0.25) is 11.7 Å². The SMILES string of the molecule is COc1cccc(OC2CCN(C(C)(C)CCC(C(N)=O)(c3ccccc3)c3ccccc3)C2)c1F. The molecule has 0 bridgehead atoms. The first-order valence-corrected chi connectivity index (χ1v) is 12.4. The minimum atomic E-state index is -0.931. The van der Waals surface area contributed by atoms with E-state index >= 15 is 0 Å². The second kappa shape index (κ2) is 10.7. The molecule has 2 N–H and O–H groups in total. The molecule has 0 aliphatic carbocycles. The number of benzene rings is 3. The van der Waals surface area contributed by atoms with Crippen molar-refractivity contribution < 1.29 is 18.7 Å². The van der Waals surface area contributed by atoms with Crippen molar-refractivity contribution in [2.24, 2.45) is 5.73 Å². The summed E-state index contributed by atoms with van der Waals surface area (Å²) in [6.45, 7) is 5.86. The molecule has 0 saturated carbocycles. The minimum Gasteiger partial charge on any atom is -0.494 e. The monoisotopic (exact) mass is 490 g/mol. The van der Waals surface area contributed by atoms with Gasteiger partial charge in [-0.3, -0.25) is 9.69 Å². The molecule has 0 aromatic heterocycles. The number of primary amides is 1. The summed E-state index contributed by atoms with van der Waals surface area (Å²) in [5.74, 6) is -0.450. The Morgan fingerprint density at radius 1 is 0.944 bits per heavy atom. The molecule has 0 spiro atoms. The Kier molecular flexibility index (Phi) is 7.65. The van der Waals surface area contributed by atoms with Crippen molar-refractivity contribution in [1.82, 2.24) is 4.90 Å². The number of likely N-dealkylation sites (tertiary alicyclic amines) is 1. The zero-order valence-corrected chi connectivity index (χ0v) is 21.2. The van der Waals surface area contributed by atoms with Gasteiger partial charge in [-0.2, -0.15) is 4.39 Å². The van der Waals surface area contributed by atoms with E-state index in [9.17, 15) is 9.18 Å². The summed E-state index contributed by atoms with van der Waals surface area (Å²) in [5.41, 5.74) is 6.79. The van der Waals surface area contributed by atoms with Crippen LogP contribution in [0, 0.1) is 5.82 Å². The molecule has 1 atom stereocenters. The molecular formula is C30H35FN2O3. The maximum Gasteiger partial charge on any atom is 0.232 e. The van der Waals surface area contributed by atoms with Crippen LogP contribution in [0.3, 0.4) is 0 Å². The largest absolute Gasteiger partial charge is 0.494 e. The lowest BCUT2D eigenvalue weighted by atomic mass is 9.69. The standard InChI is InChI=1S/C30H35FN2O3/c1-29(2,33-20-17-24(21-33)36-26-16-10-15-25(35-3)27(26)31)18-19-30(28(32)34,22-11-6-4-7-12-22)23-13-8-5-9-14-23/h4-16,24H,17-21H2,1-3H3,(H2,32,34). The van der Waals surface area contributed by atoms with Crippen molar-refractivity contribution in [1.29, 1.82) is 0 Å². The molecule has 1 saturated heterocycles. The Hall–Kier alpha value is -3.38. The predicted molar refractivity (Wildman–Crippen MR) is 140 cm³/mol. The molecule has 4 rings (SSSR count). The Morgan fingerprint density at radius 2 is 1.53 bits per heavy atom. The summed E-state index contributed by atoms with van der Waals surface area (Å²) in [7, 11) is 1.44. The molecule has 36 heavy (non-hydrogen) atoms. The van der Waals surface area contributed by atoms with Gasteiger partial charge in [0.1, 0.15) is 6.10 Å². The average molecular weight is 491 g/mol. The van der Waals surface area contributed by atoms with Crippen LogP contribution in [0.4, 0.5) is 4.39 Å². The van der Waals surface area contributed by atoms with Crippen molar-refractivity contribution in [2.75, 3.05) is 20.2 Å². The fourth-order valence-electron chi connectivity index (χ4n) is 5.25. The maximum absolute atomic E-state index is 14.6. The van der Waals surface area contributed by atoms with Crippen LogP contribution >= 0.6 is 0 Å². The quantitative estimate of drug-likeness (QED) is 0.418. The van der Waals surface area contributed by atoms with Crippen LogP contribution in [0.5, 0.6) is 11.5 Å². The number of methoxy groups -OCH3 is 1. The first-order chi connectivity index (χ1) is 17.3. The third kappa shape index (κ3) is 5.09. The summed E-state index contributed by atoms with van der Waals surface area (Å²) >= 11 is 0. The third-order valence-electron chi connectivity index (χ3n) is 7.51. The van der Waals surface area contributed by atoms with E-state index in [1.807, 2.05) is 60.7 Å². The highest BCUT2D eigenvalue weighted by molar-refractivity contribution is 5.90. The van der Waals surface area contributed by atoms with E-state index in [1.54, 1.807) is 18.2 Å². The zero-order valence-electron chi connectivity index (χ0n) is 21.2. The van der Waals surface area contributed by atoms with Gasteiger partial charge < -0.3 is 15.2 Å². The van der Waals surface area contributed by atoms with Gasteiger partial charge in [0, 0.05) is 18.6 Å². The number of hydrogen-bond donors (Lipinski definition) is 1. The number of hydrogen-bond acceptors (Lipinski definition) is 4. The van der Waals surface area contributed by atoms with E-state index in [0.29, 0.717) is 13.0 Å². The van der Waals surface area contributed by atoms with E-state index in [4.69, 9.17) is 15.2 Å². The Bertz CT molecular complexity index is 1130. The number of rotatable bonds is 10. The van der Waals surface area contributed by atoms with Gasteiger partial charge in [-0.25, -0.2) is 0 Å². The van der Waals surface area contributed by atoms with E-state index < -0.39 is 11.2 Å². The molecule has 0 radical (unpaired) electrons. The van der Waals surface area contributed by atoms with E-state index in [1.165, 1.54) is 7.11 Å². The van der Waals surface area contributed by atoms with Crippen molar-refractivity contribution >= 4 is 5.91 Å². The maximum atomic E-state index is 14.6. The van der Waals surface area contributed by atoms with Crippen molar-refractivity contribution in [2.45, 2.75) is 50.2 Å². The normalized spacial score (nSPS) is 16.6. The van der Waals surface area contributed by atoms with Crippen molar-refractivity contribution in [3.63, 3.8) is 0 Å². The number of amides is 1. The lowest BCUT2D eigenvalue weighted by Gasteiger charge is -2.40. The highest BCUT2D eigenvalue weighted by Crippen LogP contribution is 2.40. The molecule has 3 aromatic rings. The highest BCUT2D eigenvalue weighted by atomic mass is 19.1. The summed E-state index contributed by atoms with van der Waals surface area (Å²) in [6.07, 6.45) is 1.96. The first kappa shape index (κ1) is 25.7. The van der Waals surface area contributed by atoms with E-state index in [2.05, 4.69) is 18.7 Å². The van der Waals surface area contributed by atoms with Crippen molar-refractivity contribution in [3.05, 3.63) is 95.8 Å². The molecule has 1 heterocycles. The molecule has 5 nitrogen and oxygen atoms in total. The van der Waals surface area contributed by atoms with E-state index in [-0.39, 0.29) is 29.0 Å². The van der Waals surface area contributed by atoms with Crippen LogP contribution in [0.2, 0.25) is 0 Å². The summed E-state index contributed by atoms with van der Waals surface area (Å²) in [5, 5.41) is 0. The lowest BCUT2D eigenvalue weighted by Crippen LogP contribution is -2.47. The van der Waals surface area contributed by atoms with Gasteiger partial charge in [-0.05, 0) is 56.4 Å². The number of carbonyl (C=O) groups excluding carboxylic acids is 1.